The predicted molar refractivity (Wildman–Crippen MR) is 58.5 cm³/mol. The van der Waals surface area contributed by atoms with Gasteiger partial charge in [-0.15, -0.1) is 0 Å². The van der Waals surface area contributed by atoms with Crippen LogP contribution in [0.25, 0.3) is 0 Å². The van der Waals surface area contributed by atoms with Crippen LogP contribution in [-0.2, 0) is 10.1 Å². The van der Waals surface area contributed by atoms with Crippen molar-refractivity contribution in [2.75, 3.05) is 6.61 Å². The molecule has 1 N–H and O–H groups in total. The molecule has 1 aliphatic rings. The average molecular weight is 298 g/mol. The monoisotopic (exact) mass is 298 g/mol. The van der Waals surface area contributed by atoms with E-state index < -0.39 is 15.6 Å². The molecule has 1 heterocycles. The third-order valence-electron chi connectivity index (χ3n) is 2.07. The Balaban J connectivity index is 0.000000203. The van der Waals surface area contributed by atoms with Crippen molar-refractivity contribution in [3.63, 3.8) is 0 Å². The van der Waals surface area contributed by atoms with Crippen molar-refractivity contribution < 1.29 is 35.7 Å². The number of para-hydroxylation sites is 1. The molecule has 2 rings (SSSR count). The minimum atomic E-state index is -5.84. The number of benzene rings is 1. The molecule has 9 heteroatoms. The first-order chi connectivity index (χ1) is 8.63. The Kier molecular flexibility index (Phi) is 4.53. The molecule has 0 atom stereocenters. The second-order valence-corrected chi connectivity index (χ2v) is 4.85. The van der Waals surface area contributed by atoms with E-state index in [4.69, 9.17) is 17.7 Å². The molecule has 19 heavy (non-hydrogen) atoms. The smallest absolute Gasteiger partial charge is 0.492 e. The number of hydrogen-bond acceptors (Lipinski definition) is 4. The van der Waals surface area contributed by atoms with Gasteiger partial charge in [-0.2, -0.15) is 21.6 Å². The maximum atomic E-state index is 11.2. The summed E-state index contributed by atoms with van der Waals surface area (Å²) in [5, 5.41) is 0. The van der Waals surface area contributed by atoms with Crippen molar-refractivity contribution in [1.29, 1.82) is 0 Å². The molecule has 106 valence electrons. The Labute approximate surface area is 106 Å². The van der Waals surface area contributed by atoms with Crippen LogP contribution in [0.4, 0.5) is 13.2 Å². The van der Waals surface area contributed by atoms with Crippen LogP contribution in [0.1, 0.15) is 16.8 Å². The Morgan fingerprint density at radius 3 is 2.21 bits per heavy atom. The van der Waals surface area contributed by atoms with E-state index in [-0.39, 0.29) is 5.78 Å². The van der Waals surface area contributed by atoms with Gasteiger partial charge in [0.05, 0.1) is 12.2 Å². The molecule has 0 bridgehead atoms. The number of rotatable bonds is 0. The lowest BCUT2D eigenvalue weighted by atomic mass is 10.1. The summed E-state index contributed by atoms with van der Waals surface area (Å²) >= 11 is 0. The molecule has 1 aliphatic heterocycles. The molecular formula is C10H9F3O5S. The third-order valence-corrected chi connectivity index (χ3v) is 2.65. The van der Waals surface area contributed by atoms with E-state index in [1.165, 1.54) is 0 Å². The summed E-state index contributed by atoms with van der Waals surface area (Å²) in [7, 11) is -5.84. The first-order valence-electron chi connectivity index (χ1n) is 4.91. The molecule has 0 spiro atoms. The SMILES string of the molecule is O=C1CCOc2ccccc21.O=S(=O)(O)C(F)(F)F. The molecule has 0 saturated heterocycles. The van der Waals surface area contributed by atoms with Crippen molar-refractivity contribution in [3.05, 3.63) is 29.8 Å². The summed E-state index contributed by atoms with van der Waals surface area (Å²) in [6.07, 6.45) is 0.511. The highest BCUT2D eigenvalue weighted by molar-refractivity contribution is 7.86. The highest BCUT2D eigenvalue weighted by Gasteiger charge is 2.44. The summed E-state index contributed by atoms with van der Waals surface area (Å²) in [4.78, 5) is 11.2. The molecule has 1 aromatic rings. The van der Waals surface area contributed by atoms with E-state index >= 15 is 0 Å². The number of carbonyl (C=O) groups excluding carboxylic acids is 1. The zero-order valence-corrected chi connectivity index (χ0v) is 10.2. The topological polar surface area (TPSA) is 80.7 Å². The van der Waals surface area contributed by atoms with Gasteiger partial charge in [0.1, 0.15) is 5.75 Å². The summed E-state index contributed by atoms with van der Waals surface area (Å²) < 4.78 is 62.8. The van der Waals surface area contributed by atoms with E-state index in [0.717, 1.165) is 11.3 Å². The van der Waals surface area contributed by atoms with Crippen molar-refractivity contribution in [1.82, 2.24) is 0 Å². The number of hydrogen-bond donors (Lipinski definition) is 1. The average Bonchev–Trinajstić information content (AvgIpc) is 2.28. The van der Waals surface area contributed by atoms with Crippen LogP contribution in [0.15, 0.2) is 24.3 Å². The van der Waals surface area contributed by atoms with Gasteiger partial charge in [0.15, 0.2) is 5.78 Å². The number of fused-ring (bicyclic) bond motifs is 1. The Morgan fingerprint density at radius 2 is 1.74 bits per heavy atom. The molecule has 0 unspecified atom stereocenters. The van der Waals surface area contributed by atoms with E-state index in [9.17, 15) is 18.0 Å². The zero-order chi connectivity index (χ0) is 14.7. The van der Waals surface area contributed by atoms with Crippen molar-refractivity contribution in [2.24, 2.45) is 0 Å². The van der Waals surface area contributed by atoms with Crippen LogP contribution in [0, 0.1) is 0 Å². The van der Waals surface area contributed by atoms with Crippen molar-refractivity contribution in [2.45, 2.75) is 11.9 Å². The first-order valence-corrected chi connectivity index (χ1v) is 6.35. The minimum absolute atomic E-state index is 0.187. The van der Waals surface area contributed by atoms with Crippen LogP contribution in [-0.4, -0.2) is 30.9 Å². The van der Waals surface area contributed by atoms with Gasteiger partial charge in [-0.05, 0) is 12.1 Å². The van der Waals surface area contributed by atoms with E-state index in [2.05, 4.69) is 0 Å². The van der Waals surface area contributed by atoms with Gasteiger partial charge in [-0.25, -0.2) is 0 Å². The third kappa shape index (κ3) is 4.21. The van der Waals surface area contributed by atoms with Crippen molar-refractivity contribution >= 4 is 15.9 Å². The molecule has 1 aromatic carbocycles. The molecule has 0 amide bonds. The molecule has 0 aliphatic carbocycles. The number of halogens is 3. The van der Waals surface area contributed by atoms with Crippen LogP contribution in [0.3, 0.4) is 0 Å². The largest absolute Gasteiger partial charge is 0.522 e. The number of ketones is 1. The van der Waals surface area contributed by atoms with Gasteiger partial charge in [0.25, 0.3) is 0 Å². The fourth-order valence-electron chi connectivity index (χ4n) is 1.21. The molecule has 0 saturated carbocycles. The second-order valence-electron chi connectivity index (χ2n) is 3.44. The fraction of sp³-hybridized carbons (Fsp3) is 0.300. The summed E-state index contributed by atoms with van der Waals surface area (Å²) in [6.45, 7) is 0.524. The quantitative estimate of drug-likeness (QED) is 0.585. The fourth-order valence-corrected chi connectivity index (χ4v) is 1.21. The molecule has 5 nitrogen and oxygen atoms in total. The van der Waals surface area contributed by atoms with Gasteiger partial charge in [-0.1, -0.05) is 12.1 Å². The maximum Gasteiger partial charge on any atom is 0.522 e. The Bertz CT molecular complexity index is 565. The molecule has 0 aromatic heterocycles. The maximum absolute atomic E-state index is 11.2. The summed E-state index contributed by atoms with van der Waals surface area (Å²) in [6, 6.07) is 7.35. The van der Waals surface area contributed by atoms with E-state index in [1.54, 1.807) is 6.07 Å². The first kappa shape index (κ1) is 15.4. The lowest BCUT2D eigenvalue weighted by Crippen LogP contribution is -2.21. The molecule has 0 fully saturated rings. The normalized spacial score (nSPS) is 14.8. The molecular weight excluding hydrogens is 289 g/mol. The van der Waals surface area contributed by atoms with Crippen molar-refractivity contribution in [3.8, 4) is 5.75 Å². The lowest BCUT2D eigenvalue weighted by Gasteiger charge is -2.14. The van der Waals surface area contributed by atoms with Crippen LogP contribution in [0.5, 0.6) is 5.75 Å². The van der Waals surface area contributed by atoms with Crippen LogP contribution >= 0.6 is 0 Å². The summed E-state index contributed by atoms with van der Waals surface area (Å²) in [5.41, 5.74) is -4.81. The van der Waals surface area contributed by atoms with Crippen LogP contribution < -0.4 is 4.74 Å². The second kappa shape index (κ2) is 5.57. The number of alkyl halides is 3. The standard InChI is InChI=1S/C9H8O2.CHF3O3S/c10-8-5-6-11-9-4-2-1-3-7(8)9;2-1(3,4)8(5,6)7/h1-4H,5-6H2;(H,5,6,7). The number of ether oxygens (including phenoxy) is 1. The Morgan fingerprint density at radius 1 is 1.21 bits per heavy atom. The van der Waals surface area contributed by atoms with Gasteiger partial charge in [0, 0.05) is 6.42 Å². The Hall–Kier alpha value is -1.61. The molecule has 0 radical (unpaired) electrons. The van der Waals surface area contributed by atoms with E-state index in [1.807, 2.05) is 18.2 Å². The number of carbonyl (C=O) groups is 1. The van der Waals surface area contributed by atoms with Gasteiger partial charge in [-0.3, -0.25) is 9.35 Å². The van der Waals surface area contributed by atoms with Gasteiger partial charge < -0.3 is 4.74 Å². The van der Waals surface area contributed by atoms with Crippen LogP contribution in [0.2, 0.25) is 0 Å². The van der Waals surface area contributed by atoms with Gasteiger partial charge in [0.2, 0.25) is 0 Å². The zero-order valence-electron chi connectivity index (χ0n) is 9.35. The number of Topliss-reactive ketones (excluding diaryl/α,β-unsaturated/α-hetero) is 1. The highest BCUT2D eigenvalue weighted by Crippen LogP contribution is 2.23. The van der Waals surface area contributed by atoms with Gasteiger partial charge >= 0.3 is 15.6 Å². The highest BCUT2D eigenvalue weighted by atomic mass is 32.2. The summed E-state index contributed by atoms with van der Waals surface area (Å²) in [5.74, 6) is 0.913. The minimum Gasteiger partial charge on any atom is -0.492 e. The van der Waals surface area contributed by atoms with E-state index in [0.29, 0.717) is 13.0 Å². The predicted octanol–water partition coefficient (Wildman–Crippen LogP) is 2.05. The lowest BCUT2D eigenvalue weighted by molar-refractivity contribution is -0.0510.